The van der Waals surface area contributed by atoms with Crippen LogP contribution < -0.4 is 16.0 Å². The molecule has 0 spiro atoms. The van der Waals surface area contributed by atoms with Gasteiger partial charge in [0.1, 0.15) is 24.1 Å². The van der Waals surface area contributed by atoms with Crippen LogP contribution in [0.15, 0.2) is 0 Å². The van der Waals surface area contributed by atoms with E-state index in [1.54, 1.807) is 37.5 Å². The first kappa shape index (κ1) is 127. The smallest absolute Gasteiger partial charge is 0.396 e. The number of nitrogens with one attached hydrogen (secondary N) is 3. The van der Waals surface area contributed by atoms with Crippen molar-refractivity contribution >= 4 is 50.7 Å². The lowest BCUT2D eigenvalue weighted by atomic mass is 10.0. The zero-order valence-electron chi connectivity index (χ0n) is 83.6. The number of carbonyl (C=O) groups excluding carboxylic acids is 6. The summed E-state index contributed by atoms with van der Waals surface area (Å²) in [6.07, 6.45) is 4.97. The third-order valence-electron chi connectivity index (χ3n) is 19.2. The number of hydrogen-bond donors (Lipinski definition) is 9. The first-order chi connectivity index (χ1) is 58.5. The van der Waals surface area contributed by atoms with E-state index in [0.717, 1.165) is 19.4 Å². The average Bonchev–Trinajstić information content (AvgIpc) is 1.69. The maximum absolute atomic E-state index is 12.4. The summed E-state index contributed by atoms with van der Waals surface area (Å²) in [7, 11) is -8.14. The Morgan fingerprint density at radius 2 is 0.929 bits per heavy atom. The Hall–Kier alpha value is -3.00. The topological polar surface area (TPSA) is 424 Å². The Labute approximate surface area is 761 Å². The molecule has 0 aromatic rings. The standard InChI is InChI=1S/C19H39N2O6P.C17H37O8P.C14H25NO4.C14H27NO3.C10H19NO3.C10H21NO2.C7H16O/c1-12(2)19-18(22)7-15(20-19)10-26-28(23,24)27-17-8-16(11-25-14(5)6)21(9-17)13(3)4;1-15(2)12-25-26(19,20)24-10-6-8-22-14-17(11-18)13-21-7-5-9-23-16(3)4;1-9(2)13(17)6-14(18)15-7-12(16)5-11(15)8-19-10(3)4;1-10(2)5-6-14(17)15-8-13(16)7-12(15)9-18-11(3)4;1-7(2)9(12)5-10(13)11-6-14-8(3)4;1-8(2)11-7-10(12)5-6-13-9(3)4;1-6(2)5-8-7(3)4/h12-20,22H,7-11H2,1-6H3,(H,23,24);15-18H,5-14H2,1-4H3,(H,19,20);9-12,16H,5-8H2,1-4H3;10-13,16H,5-9H2,1-4H3;7-8H,5-6H2,1-4H3,(H,11,13);8-9,11H,5-7H2,1-4H3;6-7H,5H2,1-4H3/t15?,16-,17+,18+,19?;;11-,12+;12-,13+;;;/m0.11.../s1. The number of ether oxygens (including phenoxy) is 9. The van der Waals surface area contributed by atoms with Gasteiger partial charge < -0.3 is 98.6 Å². The van der Waals surface area contributed by atoms with Gasteiger partial charge in [-0.05, 0) is 179 Å². The van der Waals surface area contributed by atoms with Gasteiger partial charge in [-0.3, -0.25) is 51.8 Å². The molecule has 4 fully saturated rings. The molecule has 0 aliphatic carbocycles. The van der Waals surface area contributed by atoms with E-state index in [1.807, 2.05) is 125 Å². The SMILES string of the molecule is CC(C)CCC(=O)N1C[C@@H](O)C[C@@H]1COC(C)C.CC(C)COC(C)C.CC(C)COP(=O)(O)OCCCOCC(CO)COCCCOC(C)C.CC(C)NCC(=O)CCOC(C)C.CC(C)OCNC(=O)CC(=O)C(C)C.CC(C)OC[C@@H]1C[C@@H](OP(=O)(O)OCC2C[C@@H](O)C(C(C)C)N2)CN1C(C)C.CC(C)OC[C@H]1C[C@H](O)CN1C(=O)CC(=O)C(C)C. The van der Waals surface area contributed by atoms with Crippen molar-refractivity contribution in [2.24, 2.45) is 41.4 Å². The van der Waals surface area contributed by atoms with Crippen molar-refractivity contribution in [3.8, 4) is 0 Å². The van der Waals surface area contributed by atoms with Crippen molar-refractivity contribution in [2.75, 3.05) is 125 Å². The third-order valence-corrected chi connectivity index (χ3v) is 21.2. The van der Waals surface area contributed by atoms with Crippen LogP contribution in [-0.2, 0) is 98.6 Å². The number of β-amino-alcohol motifs (C(OH)–C–C–N with tert-alkyl or cyclic N) is 2. The normalized spacial score (nSPS) is 20.8. The minimum atomic E-state index is -4.17. The highest BCUT2D eigenvalue weighted by molar-refractivity contribution is 7.47. The van der Waals surface area contributed by atoms with Gasteiger partial charge in [0.15, 0.2) is 0 Å². The Bertz CT molecular complexity index is 2870. The van der Waals surface area contributed by atoms with Gasteiger partial charge in [-0.25, -0.2) is 9.13 Å². The molecule has 12 atom stereocenters. The van der Waals surface area contributed by atoms with E-state index < -0.39 is 34.0 Å². The molecular weight excluding hydrogens is 1670 g/mol. The number of Topliss-reactive ketones (excluding diaryl/α,β-unsaturated/α-hetero) is 3. The van der Waals surface area contributed by atoms with Gasteiger partial charge in [0.2, 0.25) is 17.7 Å². The average molecular weight is 1860 g/mol. The number of carbonyl (C=O) groups is 6. The number of aliphatic hydroxyl groups excluding tert-OH is 4. The fourth-order valence-corrected chi connectivity index (χ4v) is 14.0. The first-order valence-corrected chi connectivity index (χ1v) is 49.6. The molecule has 0 bridgehead atoms. The molecule has 3 amide bonds. The first-order valence-electron chi connectivity index (χ1n) is 46.6. The number of hydrogen-bond acceptors (Lipinski definition) is 28. The van der Waals surface area contributed by atoms with E-state index in [4.69, 9.17) is 60.7 Å². The van der Waals surface area contributed by atoms with Gasteiger partial charge in [-0.15, -0.1) is 0 Å². The summed E-state index contributed by atoms with van der Waals surface area (Å²) < 4.78 is 93.3. The Morgan fingerprint density at radius 1 is 0.460 bits per heavy atom. The molecule has 4 aliphatic heterocycles. The molecule has 9 N–H and O–H groups in total. The second-order valence-electron chi connectivity index (χ2n) is 37.8. The number of amides is 3. The molecule has 33 nitrogen and oxygen atoms in total. The zero-order chi connectivity index (χ0) is 97.2. The predicted octanol–water partition coefficient (Wildman–Crippen LogP) is 12.1. The van der Waals surface area contributed by atoms with Crippen LogP contribution in [0.3, 0.4) is 0 Å². The molecule has 0 saturated carbocycles. The van der Waals surface area contributed by atoms with E-state index in [-0.39, 0.29) is 184 Å². The molecule has 750 valence electrons. The van der Waals surface area contributed by atoms with Crippen LogP contribution in [0, 0.1) is 41.4 Å². The molecule has 126 heavy (non-hydrogen) atoms. The Kier molecular flexibility index (Phi) is 73.1. The molecule has 0 aromatic heterocycles. The monoisotopic (exact) mass is 1860 g/mol. The van der Waals surface area contributed by atoms with Crippen molar-refractivity contribution in [1.82, 2.24) is 30.7 Å². The van der Waals surface area contributed by atoms with Crippen molar-refractivity contribution in [3.05, 3.63) is 0 Å². The summed E-state index contributed by atoms with van der Waals surface area (Å²) >= 11 is 0. The quantitative estimate of drug-likeness (QED) is 0.0118. The van der Waals surface area contributed by atoms with Gasteiger partial charge >= 0.3 is 15.6 Å². The van der Waals surface area contributed by atoms with E-state index in [2.05, 4.69) is 76.2 Å². The lowest BCUT2D eigenvalue weighted by Crippen LogP contribution is -2.40. The van der Waals surface area contributed by atoms with Crippen molar-refractivity contribution in [1.29, 1.82) is 0 Å². The van der Waals surface area contributed by atoms with Crippen molar-refractivity contribution in [3.63, 3.8) is 0 Å². The van der Waals surface area contributed by atoms with E-state index in [9.17, 15) is 68.1 Å². The highest BCUT2D eigenvalue weighted by Gasteiger charge is 2.42. The Morgan fingerprint density at radius 3 is 1.36 bits per heavy atom. The van der Waals surface area contributed by atoms with Crippen LogP contribution in [0.5, 0.6) is 0 Å². The summed E-state index contributed by atoms with van der Waals surface area (Å²) in [4.78, 5) is 94.6. The third kappa shape index (κ3) is 70.7. The zero-order valence-corrected chi connectivity index (χ0v) is 85.4. The van der Waals surface area contributed by atoms with E-state index in [1.165, 1.54) is 0 Å². The number of ketones is 3. The number of phosphoric ester groups is 2. The molecule has 35 heteroatoms. The highest BCUT2D eigenvalue weighted by atomic mass is 31.2. The van der Waals surface area contributed by atoms with Crippen LogP contribution >= 0.6 is 15.6 Å². The minimum absolute atomic E-state index is 0.0200. The fraction of sp³-hybridized carbons (Fsp3) is 0.934. The van der Waals surface area contributed by atoms with Crippen LogP contribution in [0.4, 0.5) is 0 Å². The predicted molar refractivity (Wildman–Crippen MR) is 494 cm³/mol. The van der Waals surface area contributed by atoms with E-state index in [0.29, 0.717) is 161 Å². The summed E-state index contributed by atoms with van der Waals surface area (Å²) in [5, 5.41) is 47.7. The molecule has 0 aromatic carbocycles. The molecular formula is C91H184N6O27P2. The van der Waals surface area contributed by atoms with Crippen LogP contribution in [0.2, 0.25) is 0 Å². The van der Waals surface area contributed by atoms with Crippen LogP contribution in [0.25, 0.3) is 0 Å². The number of nitrogens with zero attached hydrogens (tertiary/aromatic N) is 3. The van der Waals surface area contributed by atoms with Gasteiger partial charge in [0.05, 0.1) is 165 Å². The fourth-order valence-electron chi connectivity index (χ4n) is 12.1. The number of phosphoric acid groups is 2. The lowest BCUT2D eigenvalue weighted by molar-refractivity contribution is -0.138. The molecule has 0 radical (unpaired) electrons. The number of likely N-dealkylation sites (tertiary alicyclic amines) is 3. The molecule has 4 rings (SSSR count). The molecule has 4 aliphatic rings. The van der Waals surface area contributed by atoms with Crippen LogP contribution in [0.1, 0.15) is 278 Å². The molecule has 4 heterocycles. The summed E-state index contributed by atoms with van der Waals surface area (Å²) in [6, 6.07) is 0.566. The minimum Gasteiger partial charge on any atom is -0.396 e. The van der Waals surface area contributed by atoms with Gasteiger partial charge in [0, 0.05) is 107 Å². The lowest BCUT2D eigenvalue weighted by Gasteiger charge is -2.28. The summed E-state index contributed by atoms with van der Waals surface area (Å²) in [6.45, 7) is 66.9. The highest BCUT2D eigenvalue weighted by Crippen LogP contribution is 2.47. The molecule has 4 saturated heterocycles. The van der Waals surface area contributed by atoms with Gasteiger partial charge in [-0.1, -0.05) is 96.9 Å². The summed E-state index contributed by atoms with van der Waals surface area (Å²) in [5.41, 5.74) is 0. The summed E-state index contributed by atoms with van der Waals surface area (Å²) in [5.74, 6) is 1.09. The molecule has 5 unspecified atom stereocenters. The van der Waals surface area contributed by atoms with Gasteiger partial charge in [-0.2, -0.15) is 0 Å². The largest absolute Gasteiger partial charge is 0.472 e. The van der Waals surface area contributed by atoms with Gasteiger partial charge in [0.25, 0.3) is 0 Å². The second kappa shape index (κ2) is 72.5. The Balaban J connectivity index is -0.00000144. The maximum Gasteiger partial charge on any atom is 0.472 e. The van der Waals surface area contributed by atoms with E-state index >= 15 is 0 Å². The number of aliphatic hydroxyl groups is 4. The van der Waals surface area contributed by atoms with Crippen LogP contribution in [-0.4, -0.2) is 315 Å². The number of rotatable bonds is 56. The second-order valence-corrected chi connectivity index (χ2v) is 40.6. The van der Waals surface area contributed by atoms with Crippen molar-refractivity contribution in [2.45, 2.75) is 388 Å². The van der Waals surface area contributed by atoms with Crippen molar-refractivity contribution < 1.29 is 129 Å². The maximum atomic E-state index is 12.4.